The van der Waals surface area contributed by atoms with E-state index in [0.717, 1.165) is 36.2 Å². The molecule has 2 rings (SSSR count). The first-order valence-corrected chi connectivity index (χ1v) is 7.61. The molecule has 0 radical (unpaired) electrons. The summed E-state index contributed by atoms with van der Waals surface area (Å²) in [6.45, 7) is 2.86. The fraction of sp³-hybridized carbons (Fsp3) is 0.833. The molecule has 0 saturated heterocycles. The van der Waals surface area contributed by atoms with Crippen molar-refractivity contribution in [2.24, 2.45) is 11.7 Å². The molecule has 1 aliphatic carbocycles. The molecule has 1 aromatic rings. The predicted octanol–water partition coefficient (Wildman–Crippen LogP) is 2.56. The highest BCUT2D eigenvalue weighted by Crippen LogP contribution is 2.36. The molecular formula is C12H21N3OS. The van der Waals surface area contributed by atoms with Crippen LogP contribution in [0.1, 0.15) is 50.2 Å². The first kappa shape index (κ1) is 12.9. The van der Waals surface area contributed by atoms with Crippen LogP contribution in [0.3, 0.4) is 0 Å². The predicted molar refractivity (Wildman–Crippen MR) is 69.9 cm³/mol. The van der Waals surface area contributed by atoms with Gasteiger partial charge in [0, 0.05) is 5.92 Å². The van der Waals surface area contributed by atoms with Crippen molar-refractivity contribution < 1.29 is 4.52 Å². The second kappa shape index (κ2) is 6.40. The Balaban J connectivity index is 2.02. The Morgan fingerprint density at radius 3 is 3.00 bits per heavy atom. The number of nitrogens with zero attached hydrogens (tertiary/aromatic N) is 2. The topological polar surface area (TPSA) is 64.9 Å². The number of nitrogens with two attached hydrogens (primary N) is 1. The Labute approximate surface area is 107 Å². The Morgan fingerprint density at radius 1 is 1.41 bits per heavy atom. The van der Waals surface area contributed by atoms with Crippen LogP contribution < -0.4 is 5.73 Å². The van der Waals surface area contributed by atoms with Gasteiger partial charge in [0.25, 0.3) is 0 Å². The lowest BCUT2D eigenvalue weighted by Crippen LogP contribution is -2.25. The zero-order chi connectivity index (χ0) is 12.1. The number of hydrogen-bond acceptors (Lipinski definition) is 5. The van der Waals surface area contributed by atoms with E-state index in [1.807, 2.05) is 11.8 Å². The molecule has 1 aliphatic rings. The molecule has 0 spiro atoms. The fourth-order valence-corrected chi connectivity index (χ4v) is 2.99. The van der Waals surface area contributed by atoms with Crippen molar-refractivity contribution in [1.82, 2.24) is 10.1 Å². The Bertz CT molecular complexity index is 342. The van der Waals surface area contributed by atoms with Gasteiger partial charge in [0.05, 0.1) is 5.75 Å². The van der Waals surface area contributed by atoms with Gasteiger partial charge in [0.15, 0.2) is 5.82 Å². The van der Waals surface area contributed by atoms with E-state index >= 15 is 0 Å². The van der Waals surface area contributed by atoms with E-state index < -0.39 is 0 Å². The maximum Gasteiger partial charge on any atom is 0.230 e. The van der Waals surface area contributed by atoms with Crippen molar-refractivity contribution in [2.75, 3.05) is 12.3 Å². The number of hydrogen-bond donors (Lipinski definition) is 1. The number of thioether (sulfide) groups is 1. The van der Waals surface area contributed by atoms with Crippen LogP contribution in [-0.4, -0.2) is 22.4 Å². The Kier molecular flexibility index (Phi) is 4.86. The monoisotopic (exact) mass is 255 g/mol. The van der Waals surface area contributed by atoms with Crippen LogP contribution in [0.15, 0.2) is 4.52 Å². The zero-order valence-corrected chi connectivity index (χ0v) is 11.2. The van der Waals surface area contributed by atoms with Gasteiger partial charge in [-0.05, 0) is 31.1 Å². The van der Waals surface area contributed by atoms with Crippen molar-refractivity contribution in [3.8, 4) is 0 Å². The largest absolute Gasteiger partial charge is 0.339 e. The summed E-state index contributed by atoms with van der Waals surface area (Å²) in [5, 5.41) is 4.05. The molecule has 0 bridgehead atoms. The van der Waals surface area contributed by atoms with Crippen LogP contribution in [0.2, 0.25) is 0 Å². The average molecular weight is 255 g/mol. The summed E-state index contributed by atoms with van der Waals surface area (Å²) < 4.78 is 5.40. The average Bonchev–Trinajstić information content (AvgIpc) is 2.85. The van der Waals surface area contributed by atoms with Gasteiger partial charge < -0.3 is 10.3 Å². The van der Waals surface area contributed by atoms with Crippen molar-refractivity contribution in [3.05, 3.63) is 11.7 Å². The normalized spacial score (nSPS) is 25.1. The van der Waals surface area contributed by atoms with E-state index in [-0.39, 0.29) is 0 Å². The summed E-state index contributed by atoms with van der Waals surface area (Å²) in [6.07, 6.45) is 4.88. The van der Waals surface area contributed by atoms with Crippen molar-refractivity contribution in [1.29, 1.82) is 0 Å². The standard InChI is InChI=1S/C12H21N3OS/c1-2-17-8-11-14-12(16-15-11)10-6-4-3-5-9(10)7-13/h9-10H,2-8,13H2,1H3. The quantitative estimate of drug-likeness (QED) is 0.876. The minimum atomic E-state index is 0.390. The van der Waals surface area contributed by atoms with Crippen LogP contribution in [0.4, 0.5) is 0 Å². The summed E-state index contributed by atoms with van der Waals surface area (Å²) in [6, 6.07) is 0. The lowest BCUT2D eigenvalue weighted by atomic mass is 9.79. The van der Waals surface area contributed by atoms with E-state index in [9.17, 15) is 0 Å². The third-order valence-corrected chi connectivity index (χ3v) is 4.32. The van der Waals surface area contributed by atoms with Crippen LogP contribution in [0.25, 0.3) is 0 Å². The van der Waals surface area contributed by atoms with Crippen molar-refractivity contribution in [2.45, 2.75) is 44.3 Å². The van der Waals surface area contributed by atoms with Gasteiger partial charge in [-0.2, -0.15) is 16.7 Å². The number of aromatic nitrogens is 2. The van der Waals surface area contributed by atoms with E-state index in [1.54, 1.807) is 0 Å². The third-order valence-electron chi connectivity index (χ3n) is 3.45. The second-order valence-corrected chi connectivity index (χ2v) is 5.85. The molecule has 1 aromatic heterocycles. The molecule has 1 fully saturated rings. The van der Waals surface area contributed by atoms with E-state index in [4.69, 9.17) is 10.3 Å². The highest BCUT2D eigenvalue weighted by atomic mass is 32.2. The van der Waals surface area contributed by atoms with E-state index in [1.165, 1.54) is 19.3 Å². The fourth-order valence-electron chi connectivity index (χ4n) is 2.48. The maximum absolute atomic E-state index is 5.82. The van der Waals surface area contributed by atoms with Gasteiger partial charge in [-0.3, -0.25) is 0 Å². The van der Waals surface area contributed by atoms with Crippen molar-refractivity contribution >= 4 is 11.8 Å². The molecule has 0 aliphatic heterocycles. The minimum absolute atomic E-state index is 0.390. The van der Waals surface area contributed by atoms with Crippen molar-refractivity contribution in [3.63, 3.8) is 0 Å². The molecule has 1 heterocycles. The summed E-state index contributed by atoms with van der Waals surface area (Å²) in [5.41, 5.74) is 5.82. The SMILES string of the molecule is CCSCc1noc(C2CCCCC2CN)n1. The lowest BCUT2D eigenvalue weighted by Gasteiger charge is -2.27. The summed E-state index contributed by atoms with van der Waals surface area (Å²) >= 11 is 1.82. The van der Waals surface area contributed by atoms with Gasteiger partial charge in [-0.1, -0.05) is 24.9 Å². The summed E-state index contributed by atoms with van der Waals surface area (Å²) in [7, 11) is 0. The molecular weight excluding hydrogens is 234 g/mol. The van der Waals surface area contributed by atoms with Gasteiger partial charge >= 0.3 is 0 Å². The highest BCUT2D eigenvalue weighted by Gasteiger charge is 2.29. The molecule has 0 aromatic carbocycles. The second-order valence-electron chi connectivity index (χ2n) is 4.57. The Morgan fingerprint density at radius 2 is 2.24 bits per heavy atom. The first-order valence-electron chi connectivity index (χ1n) is 6.45. The number of rotatable bonds is 5. The highest BCUT2D eigenvalue weighted by molar-refractivity contribution is 7.98. The Hall–Kier alpha value is -0.550. The van der Waals surface area contributed by atoms with Gasteiger partial charge in [0.2, 0.25) is 5.89 Å². The van der Waals surface area contributed by atoms with Gasteiger partial charge in [-0.25, -0.2) is 0 Å². The van der Waals surface area contributed by atoms with Gasteiger partial charge in [0.1, 0.15) is 0 Å². The smallest absolute Gasteiger partial charge is 0.230 e. The molecule has 96 valence electrons. The third kappa shape index (κ3) is 3.22. The van der Waals surface area contributed by atoms with Crippen LogP contribution in [-0.2, 0) is 5.75 Å². The van der Waals surface area contributed by atoms with E-state index in [0.29, 0.717) is 11.8 Å². The summed E-state index contributed by atoms with van der Waals surface area (Å²) in [5.74, 6) is 4.48. The first-order chi connectivity index (χ1) is 8.35. The van der Waals surface area contributed by atoms with Crippen LogP contribution in [0, 0.1) is 5.92 Å². The van der Waals surface area contributed by atoms with Crippen LogP contribution in [0.5, 0.6) is 0 Å². The summed E-state index contributed by atoms with van der Waals surface area (Å²) in [4.78, 5) is 4.52. The van der Waals surface area contributed by atoms with E-state index in [2.05, 4.69) is 17.1 Å². The minimum Gasteiger partial charge on any atom is -0.339 e. The molecule has 2 unspecified atom stereocenters. The lowest BCUT2D eigenvalue weighted by molar-refractivity contribution is 0.249. The molecule has 2 atom stereocenters. The zero-order valence-electron chi connectivity index (χ0n) is 10.4. The van der Waals surface area contributed by atoms with Gasteiger partial charge in [-0.15, -0.1) is 0 Å². The van der Waals surface area contributed by atoms with Crippen LogP contribution >= 0.6 is 11.8 Å². The molecule has 1 saturated carbocycles. The molecule has 4 nitrogen and oxygen atoms in total. The molecule has 5 heteroatoms. The maximum atomic E-state index is 5.82. The molecule has 0 amide bonds. The molecule has 17 heavy (non-hydrogen) atoms. The molecule has 2 N–H and O–H groups in total.